The number of carbonyl (C=O) groups is 1. The van der Waals surface area contributed by atoms with E-state index in [1.165, 1.54) is 6.42 Å². The fourth-order valence-electron chi connectivity index (χ4n) is 2.21. The number of amides is 1. The number of unbranched alkanes of at least 4 members (excludes halogenated alkanes) is 1. The average molecular weight is 318 g/mol. The molecule has 0 aliphatic rings. The third-order valence-electron chi connectivity index (χ3n) is 3.48. The smallest absolute Gasteiger partial charge is 0.251 e. The van der Waals surface area contributed by atoms with Crippen LogP contribution in [0.4, 0.5) is 0 Å². The molecule has 5 heteroatoms. The molecule has 0 bridgehead atoms. The van der Waals surface area contributed by atoms with E-state index in [0.29, 0.717) is 18.7 Å². The second-order valence-electron chi connectivity index (χ2n) is 5.51. The minimum Gasteiger partial charge on any atom is -0.357 e. The van der Waals surface area contributed by atoms with Gasteiger partial charge in [-0.05, 0) is 38.0 Å². The lowest BCUT2D eigenvalue weighted by atomic mass is 10.1. The maximum absolute atomic E-state index is 11.9. The topological polar surface area (TPSA) is 56.7 Å². The molecule has 0 fully saturated rings. The Bertz CT molecular complexity index is 513. The van der Waals surface area contributed by atoms with Gasteiger partial charge in [-0.2, -0.15) is 0 Å². The van der Waals surface area contributed by atoms with Gasteiger partial charge < -0.3 is 15.5 Å². The number of rotatable bonds is 8. The summed E-state index contributed by atoms with van der Waals surface area (Å²) in [6.07, 6.45) is 2.31. The highest BCUT2D eigenvalue weighted by molar-refractivity contribution is 5.94. The zero-order chi connectivity index (χ0) is 17.1. The first-order chi connectivity index (χ1) is 11.1. The number of nitrogens with zero attached hydrogens (tertiary/aromatic N) is 2. The SMILES string of the molecule is CCCCN(C)C(=NCc1cccc(C(=O)NCC)c1)NCC. The Hall–Kier alpha value is -2.04. The lowest BCUT2D eigenvalue weighted by molar-refractivity contribution is 0.0955. The molecule has 0 saturated carbocycles. The van der Waals surface area contributed by atoms with Crippen LogP contribution in [0.15, 0.2) is 29.3 Å². The molecule has 2 N–H and O–H groups in total. The van der Waals surface area contributed by atoms with Crippen LogP contribution in [0, 0.1) is 0 Å². The van der Waals surface area contributed by atoms with Gasteiger partial charge in [0.25, 0.3) is 5.91 Å². The standard InChI is InChI=1S/C18H30N4O/c1-5-8-12-22(4)18(20-7-3)21-14-15-10-9-11-16(13-15)17(23)19-6-2/h9-11,13H,5-8,12,14H2,1-4H3,(H,19,23)(H,20,21). The fraction of sp³-hybridized carbons (Fsp3) is 0.556. The van der Waals surface area contributed by atoms with Crippen molar-refractivity contribution >= 4 is 11.9 Å². The zero-order valence-corrected chi connectivity index (χ0v) is 14.9. The van der Waals surface area contributed by atoms with E-state index in [1.54, 1.807) is 0 Å². The van der Waals surface area contributed by atoms with E-state index in [-0.39, 0.29) is 5.91 Å². The van der Waals surface area contributed by atoms with Crippen LogP contribution in [0.3, 0.4) is 0 Å². The molecule has 1 aromatic carbocycles. The van der Waals surface area contributed by atoms with E-state index in [0.717, 1.165) is 31.0 Å². The lowest BCUT2D eigenvalue weighted by Gasteiger charge is -2.21. The molecule has 1 rings (SSSR count). The van der Waals surface area contributed by atoms with Gasteiger partial charge in [0.15, 0.2) is 5.96 Å². The van der Waals surface area contributed by atoms with Crippen molar-refractivity contribution in [2.45, 2.75) is 40.2 Å². The highest BCUT2D eigenvalue weighted by atomic mass is 16.1. The Kier molecular flexibility index (Phi) is 8.80. The van der Waals surface area contributed by atoms with E-state index < -0.39 is 0 Å². The van der Waals surface area contributed by atoms with Crippen molar-refractivity contribution < 1.29 is 4.79 Å². The Morgan fingerprint density at radius 1 is 1.17 bits per heavy atom. The van der Waals surface area contributed by atoms with Crippen LogP contribution in [0.5, 0.6) is 0 Å². The molecule has 1 aromatic rings. The van der Waals surface area contributed by atoms with E-state index in [2.05, 4.69) is 41.4 Å². The summed E-state index contributed by atoms with van der Waals surface area (Å²) in [5.41, 5.74) is 1.72. The Labute approximate surface area is 140 Å². The van der Waals surface area contributed by atoms with Crippen LogP contribution >= 0.6 is 0 Å². The van der Waals surface area contributed by atoms with Crippen LogP contribution in [0.1, 0.15) is 49.5 Å². The quantitative estimate of drug-likeness (QED) is 0.572. The van der Waals surface area contributed by atoms with Crippen molar-refractivity contribution in [2.24, 2.45) is 4.99 Å². The molecule has 0 heterocycles. The number of carbonyl (C=O) groups excluding carboxylic acids is 1. The Morgan fingerprint density at radius 2 is 1.91 bits per heavy atom. The molecule has 0 aliphatic heterocycles. The van der Waals surface area contributed by atoms with Gasteiger partial charge in [0, 0.05) is 32.2 Å². The van der Waals surface area contributed by atoms with Gasteiger partial charge in [0.2, 0.25) is 0 Å². The zero-order valence-electron chi connectivity index (χ0n) is 14.9. The van der Waals surface area contributed by atoms with Gasteiger partial charge in [-0.3, -0.25) is 4.79 Å². The van der Waals surface area contributed by atoms with Crippen LogP contribution < -0.4 is 10.6 Å². The summed E-state index contributed by atoms with van der Waals surface area (Å²) < 4.78 is 0. The summed E-state index contributed by atoms with van der Waals surface area (Å²) in [6.45, 7) is 9.19. The van der Waals surface area contributed by atoms with E-state index >= 15 is 0 Å². The molecule has 128 valence electrons. The Balaban J connectivity index is 2.78. The molecule has 0 aromatic heterocycles. The number of hydrogen-bond acceptors (Lipinski definition) is 2. The molecule has 5 nitrogen and oxygen atoms in total. The normalized spacial score (nSPS) is 11.2. The van der Waals surface area contributed by atoms with Gasteiger partial charge in [0.05, 0.1) is 6.54 Å². The number of aliphatic imine (C=N–C) groups is 1. The molecule has 0 saturated heterocycles. The predicted octanol–water partition coefficient (Wildman–Crippen LogP) is 2.63. The molecule has 0 atom stereocenters. The molecule has 0 spiro atoms. The monoisotopic (exact) mass is 318 g/mol. The van der Waals surface area contributed by atoms with Gasteiger partial charge in [0.1, 0.15) is 0 Å². The number of hydrogen-bond donors (Lipinski definition) is 2. The van der Waals surface area contributed by atoms with Gasteiger partial charge >= 0.3 is 0 Å². The van der Waals surface area contributed by atoms with Gasteiger partial charge in [-0.15, -0.1) is 0 Å². The van der Waals surface area contributed by atoms with Crippen molar-refractivity contribution in [3.05, 3.63) is 35.4 Å². The fourth-order valence-corrected chi connectivity index (χ4v) is 2.21. The summed E-state index contributed by atoms with van der Waals surface area (Å²) in [5, 5.41) is 6.14. The van der Waals surface area contributed by atoms with Gasteiger partial charge in [-0.25, -0.2) is 4.99 Å². The van der Waals surface area contributed by atoms with Crippen molar-refractivity contribution in [3.63, 3.8) is 0 Å². The second-order valence-corrected chi connectivity index (χ2v) is 5.51. The molecule has 0 radical (unpaired) electrons. The highest BCUT2D eigenvalue weighted by Crippen LogP contribution is 2.07. The molecule has 1 amide bonds. The summed E-state index contributed by atoms with van der Waals surface area (Å²) in [5.74, 6) is 0.870. The Morgan fingerprint density at radius 3 is 2.57 bits per heavy atom. The minimum absolute atomic E-state index is 0.0368. The number of guanidine groups is 1. The van der Waals surface area contributed by atoms with Gasteiger partial charge in [-0.1, -0.05) is 25.5 Å². The maximum Gasteiger partial charge on any atom is 0.251 e. The first kappa shape index (κ1) is 19.0. The van der Waals surface area contributed by atoms with Crippen LogP contribution in [0.25, 0.3) is 0 Å². The molecule has 0 aliphatic carbocycles. The number of nitrogens with one attached hydrogen (secondary N) is 2. The van der Waals surface area contributed by atoms with Crippen LogP contribution in [0.2, 0.25) is 0 Å². The van der Waals surface area contributed by atoms with E-state index in [4.69, 9.17) is 0 Å². The van der Waals surface area contributed by atoms with Crippen molar-refractivity contribution in [1.29, 1.82) is 0 Å². The molecular weight excluding hydrogens is 288 g/mol. The summed E-state index contributed by atoms with van der Waals surface area (Å²) in [6, 6.07) is 7.64. The second kappa shape index (κ2) is 10.6. The van der Waals surface area contributed by atoms with Crippen molar-refractivity contribution in [1.82, 2.24) is 15.5 Å². The van der Waals surface area contributed by atoms with E-state index in [9.17, 15) is 4.79 Å². The minimum atomic E-state index is -0.0368. The van der Waals surface area contributed by atoms with Crippen LogP contribution in [-0.4, -0.2) is 43.4 Å². The molecule has 0 unspecified atom stereocenters. The summed E-state index contributed by atoms with van der Waals surface area (Å²) >= 11 is 0. The first-order valence-corrected chi connectivity index (χ1v) is 8.48. The largest absolute Gasteiger partial charge is 0.357 e. The van der Waals surface area contributed by atoms with E-state index in [1.807, 2.05) is 31.2 Å². The summed E-state index contributed by atoms with van der Waals surface area (Å²) in [4.78, 5) is 18.7. The van der Waals surface area contributed by atoms with Crippen molar-refractivity contribution in [2.75, 3.05) is 26.7 Å². The first-order valence-electron chi connectivity index (χ1n) is 8.48. The number of benzene rings is 1. The average Bonchev–Trinajstić information content (AvgIpc) is 2.57. The third-order valence-corrected chi connectivity index (χ3v) is 3.48. The highest BCUT2D eigenvalue weighted by Gasteiger charge is 2.07. The maximum atomic E-state index is 11.9. The third kappa shape index (κ3) is 6.72. The molecular formula is C18H30N4O. The van der Waals surface area contributed by atoms with Crippen molar-refractivity contribution in [3.8, 4) is 0 Å². The molecule has 23 heavy (non-hydrogen) atoms. The van der Waals surface area contributed by atoms with Crippen LogP contribution in [-0.2, 0) is 6.54 Å². The summed E-state index contributed by atoms with van der Waals surface area (Å²) in [7, 11) is 2.06. The predicted molar refractivity (Wildman–Crippen MR) is 96.8 cm³/mol. The lowest BCUT2D eigenvalue weighted by Crippen LogP contribution is -2.39.